The van der Waals surface area contributed by atoms with Crippen molar-refractivity contribution in [3.05, 3.63) is 40.1 Å². The molecule has 1 fully saturated rings. The summed E-state index contributed by atoms with van der Waals surface area (Å²) < 4.78 is 41.3. The second-order valence-electron chi connectivity index (χ2n) is 5.63. The summed E-state index contributed by atoms with van der Waals surface area (Å²) in [5.41, 5.74) is 1.56. The third-order valence-corrected chi connectivity index (χ3v) is 5.60. The number of anilines is 1. The van der Waals surface area contributed by atoms with Crippen molar-refractivity contribution in [2.75, 3.05) is 5.32 Å². The first-order chi connectivity index (χ1) is 11.9. The number of nitrogens with one attached hydrogen (secondary N) is 1. The maximum absolute atomic E-state index is 12.5. The quantitative estimate of drug-likeness (QED) is 0.656. The second kappa shape index (κ2) is 5.99. The van der Waals surface area contributed by atoms with Crippen LogP contribution in [0.3, 0.4) is 0 Å². The number of carbonyl (C=O) groups excluding carboxylic acids is 1. The molecule has 0 aliphatic heterocycles. The number of ether oxygens (including phenoxy) is 1. The normalized spacial score (nSPS) is 14.7. The lowest BCUT2D eigenvalue weighted by Crippen LogP contribution is -2.16. The van der Waals surface area contributed by atoms with Crippen molar-refractivity contribution in [2.45, 2.75) is 25.1 Å². The number of aromatic nitrogens is 1. The Balaban J connectivity index is 1.55. The first kappa shape index (κ1) is 16.3. The van der Waals surface area contributed by atoms with Crippen molar-refractivity contribution in [1.29, 1.82) is 0 Å². The summed E-state index contributed by atoms with van der Waals surface area (Å²) in [5.74, 6) is -0.0806. The molecular formula is C16H11F3N2O2S2. The number of halogens is 3. The predicted molar refractivity (Wildman–Crippen MR) is 90.6 cm³/mol. The molecule has 25 heavy (non-hydrogen) atoms. The number of nitrogens with zero attached hydrogens (tertiary/aromatic N) is 1. The van der Waals surface area contributed by atoms with Crippen molar-refractivity contribution in [2.24, 2.45) is 0 Å². The van der Waals surface area contributed by atoms with E-state index >= 15 is 0 Å². The van der Waals surface area contributed by atoms with Crippen LogP contribution in [0.1, 0.15) is 34.0 Å². The van der Waals surface area contributed by atoms with Gasteiger partial charge in [-0.1, -0.05) is 11.3 Å². The Morgan fingerprint density at radius 2 is 2.08 bits per heavy atom. The molecule has 0 spiro atoms. The van der Waals surface area contributed by atoms with Crippen LogP contribution in [0.2, 0.25) is 0 Å². The van der Waals surface area contributed by atoms with Gasteiger partial charge < -0.3 is 4.74 Å². The van der Waals surface area contributed by atoms with Crippen molar-refractivity contribution in [1.82, 2.24) is 4.98 Å². The lowest BCUT2D eigenvalue weighted by molar-refractivity contribution is -0.274. The molecule has 4 nitrogen and oxygen atoms in total. The van der Waals surface area contributed by atoms with Gasteiger partial charge in [0.1, 0.15) is 5.75 Å². The fourth-order valence-corrected chi connectivity index (χ4v) is 4.30. The first-order valence-corrected chi connectivity index (χ1v) is 9.14. The van der Waals surface area contributed by atoms with Gasteiger partial charge in [0.25, 0.3) is 5.91 Å². The largest absolute Gasteiger partial charge is 0.573 e. The second-order valence-corrected chi connectivity index (χ2v) is 7.58. The Morgan fingerprint density at radius 1 is 1.28 bits per heavy atom. The summed E-state index contributed by atoms with van der Waals surface area (Å²) in [6, 6.07) is 5.86. The van der Waals surface area contributed by atoms with E-state index in [0.717, 1.165) is 29.7 Å². The fraction of sp³-hybridized carbons (Fsp3) is 0.250. The summed E-state index contributed by atoms with van der Waals surface area (Å²) in [6.45, 7) is 0. The monoisotopic (exact) mass is 384 g/mol. The Morgan fingerprint density at radius 3 is 2.80 bits per heavy atom. The number of thiophene rings is 1. The van der Waals surface area contributed by atoms with Crippen LogP contribution in [-0.4, -0.2) is 17.3 Å². The molecular weight excluding hydrogens is 373 g/mol. The molecule has 1 aromatic carbocycles. The Bertz CT molecular complexity index is 944. The topological polar surface area (TPSA) is 51.2 Å². The lowest BCUT2D eigenvalue weighted by atomic mass is 10.1. The molecule has 4 rings (SSSR count). The van der Waals surface area contributed by atoms with E-state index in [0.29, 0.717) is 26.1 Å². The van der Waals surface area contributed by atoms with Gasteiger partial charge in [0, 0.05) is 6.07 Å². The van der Waals surface area contributed by atoms with Gasteiger partial charge in [-0.2, -0.15) is 0 Å². The molecule has 9 heteroatoms. The average Bonchev–Trinajstić information content (AvgIpc) is 3.10. The van der Waals surface area contributed by atoms with Gasteiger partial charge in [-0.25, -0.2) is 4.98 Å². The van der Waals surface area contributed by atoms with Gasteiger partial charge in [0.05, 0.1) is 15.1 Å². The molecule has 1 saturated carbocycles. The third-order valence-electron chi connectivity index (χ3n) is 3.73. The average molecular weight is 384 g/mol. The summed E-state index contributed by atoms with van der Waals surface area (Å²) in [5, 5.41) is 4.98. The molecule has 1 N–H and O–H groups in total. The van der Waals surface area contributed by atoms with E-state index in [1.54, 1.807) is 0 Å². The van der Waals surface area contributed by atoms with Crippen LogP contribution in [0.15, 0.2) is 29.6 Å². The number of carbonyl (C=O) groups is 1. The van der Waals surface area contributed by atoms with E-state index in [1.165, 1.54) is 29.5 Å². The van der Waals surface area contributed by atoms with E-state index < -0.39 is 6.36 Å². The summed E-state index contributed by atoms with van der Waals surface area (Å²) in [4.78, 5) is 17.4. The van der Waals surface area contributed by atoms with Crippen LogP contribution in [0.5, 0.6) is 5.75 Å². The summed E-state index contributed by atoms with van der Waals surface area (Å²) in [7, 11) is 0. The van der Waals surface area contributed by atoms with Crippen LogP contribution < -0.4 is 10.1 Å². The van der Waals surface area contributed by atoms with Crippen LogP contribution >= 0.6 is 22.7 Å². The van der Waals surface area contributed by atoms with Crippen LogP contribution in [0.4, 0.5) is 18.3 Å². The Hall–Kier alpha value is -2.13. The number of hydrogen-bond donors (Lipinski definition) is 1. The van der Waals surface area contributed by atoms with E-state index in [2.05, 4.69) is 15.0 Å². The minimum atomic E-state index is -4.74. The van der Waals surface area contributed by atoms with E-state index in [9.17, 15) is 18.0 Å². The van der Waals surface area contributed by atoms with Crippen molar-refractivity contribution >= 4 is 43.9 Å². The minimum absolute atomic E-state index is 0.234. The predicted octanol–water partition coefficient (Wildman–Crippen LogP) is 5.39. The zero-order valence-corrected chi connectivity index (χ0v) is 14.2. The third kappa shape index (κ3) is 3.62. The van der Waals surface area contributed by atoms with Crippen molar-refractivity contribution in [3.63, 3.8) is 0 Å². The maximum Gasteiger partial charge on any atom is 0.573 e. The van der Waals surface area contributed by atoms with Crippen molar-refractivity contribution < 1.29 is 22.7 Å². The molecule has 3 aromatic rings. The molecule has 1 aliphatic rings. The summed E-state index contributed by atoms with van der Waals surface area (Å²) in [6.07, 6.45) is -2.55. The van der Waals surface area contributed by atoms with Gasteiger partial charge >= 0.3 is 6.36 Å². The molecule has 1 amide bonds. The number of benzene rings is 1. The zero-order valence-electron chi connectivity index (χ0n) is 12.6. The lowest BCUT2D eigenvalue weighted by Gasteiger charge is -2.07. The zero-order chi connectivity index (χ0) is 17.6. The number of hydrogen-bond acceptors (Lipinski definition) is 5. The highest BCUT2D eigenvalue weighted by Gasteiger charge is 2.31. The van der Waals surface area contributed by atoms with Gasteiger partial charge in [0.2, 0.25) is 0 Å². The molecule has 0 atom stereocenters. The number of thiazole rings is 1. The standard InChI is InChI=1S/C16H11F3N2O2S2/c17-16(18,19)23-9-3-4-11-12(7-9)25-15(20-11)21-14(22)13-10(5-6-24-13)8-1-2-8/h3-8H,1-2H2,(H,20,21,22). The Labute approximate surface area is 148 Å². The molecule has 2 heterocycles. The molecule has 1 aliphatic carbocycles. The molecule has 0 unspecified atom stereocenters. The highest BCUT2D eigenvalue weighted by molar-refractivity contribution is 7.22. The van der Waals surface area contributed by atoms with Gasteiger partial charge in [-0.3, -0.25) is 10.1 Å². The number of rotatable bonds is 4. The SMILES string of the molecule is O=C(Nc1nc2ccc(OC(F)(F)F)cc2s1)c1sccc1C1CC1. The Kier molecular flexibility index (Phi) is 3.92. The molecule has 0 radical (unpaired) electrons. The molecule has 0 bridgehead atoms. The van der Waals surface area contributed by atoms with E-state index in [1.807, 2.05) is 11.4 Å². The number of alkyl halides is 3. The van der Waals surface area contributed by atoms with Gasteiger partial charge in [-0.15, -0.1) is 24.5 Å². The highest BCUT2D eigenvalue weighted by Crippen LogP contribution is 2.43. The maximum atomic E-state index is 12.5. The van der Waals surface area contributed by atoms with Crippen LogP contribution in [-0.2, 0) is 0 Å². The smallest absolute Gasteiger partial charge is 0.406 e. The van der Waals surface area contributed by atoms with E-state index in [4.69, 9.17) is 0 Å². The van der Waals surface area contributed by atoms with Crippen LogP contribution in [0, 0.1) is 0 Å². The van der Waals surface area contributed by atoms with Gasteiger partial charge in [-0.05, 0) is 47.9 Å². The van der Waals surface area contributed by atoms with Crippen molar-refractivity contribution in [3.8, 4) is 5.75 Å². The first-order valence-electron chi connectivity index (χ1n) is 7.44. The minimum Gasteiger partial charge on any atom is -0.406 e. The fourth-order valence-electron chi connectivity index (χ4n) is 2.53. The van der Waals surface area contributed by atoms with Gasteiger partial charge in [0.15, 0.2) is 5.13 Å². The molecule has 130 valence electrons. The van der Waals surface area contributed by atoms with E-state index in [-0.39, 0.29) is 11.7 Å². The number of fused-ring (bicyclic) bond motifs is 1. The summed E-state index contributed by atoms with van der Waals surface area (Å²) >= 11 is 2.49. The number of amides is 1. The molecule has 0 saturated heterocycles. The highest BCUT2D eigenvalue weighted by atomic mass is 32.1. The van der Waals surface area contributed by atoms with Crippen LogP contribution in [0.25, 0.3) is 10.2 Å². The molecule has 2 aromatic heterocycles.